The predicted octanol–water partition coefficient (Wildman–Crippen LogP) is 3.04. The number of rotatable bonds is 4. The van der Waals surface area contributed by atoms with Crippen LogP contribution < -0.4 is 0 Å². The smallest absolute Gasteiger partial charge is 0.269 e. The average Bonchev–Trinajstić information content (AvgIpc) is 2.49. The van der Waals surface area contributed by atoms with Crippen LogP contribution in [0.3, 0.4) is 0 Å². The first-order chi connectivity index (χ1) is 9.25. The molecule has 1 aromatic carbocycles. The van der Waals surface area contributed by atoms with E-state index in [4.69, 9.17) is 4.72 Å². The van der Waals surface area contributed by atoms with Gasteiger partial charge in [0.05, 0.1) is 0 Å². The van der Waals surface area contributed by atoms with Crippen molar-refractivity contribution in [3.8, 4) is 0 Å². The highest BCUT2D eigenvalue weighted by Crippen LogP contribution is 2.07. The van der Waals surface area contributed by atoms with Gasteiger partial charge in [0.2, 0.25) is 0 Å². The normalized spacial score (nSPS) is 17.2. The maximum atomic E-state index is 8.75. The van der Waals surface area contributed by atoms with E-state index in [2.05, 4.69) is 55.4 Å². The molecule has 2 rings (SSSR count). The molecule has 0 radical (unpaired) electrons. The van der Waals surface area contributed by atoms with Gasteiger partial charge in [0.1, 0.15) is 0 Å². The van der Waals surface area contributed by atoms with Crippen molar-refractivity contribution in [2.45, 2.75) is 33.7 Å². The second-order valence-electron chi connectivity index (χ2n) is 5.21. The van der Waals surface area contributed by atoms with Gasteiger partial charge in [-0.15, -0.1) is 0 Å². The van der Waals surface area contributed by atoms with Crippen molar-refractivity contribution in [2.24, 2.45) is 0 Å². The number of hydrogen-bond donors (Lipinski definition) is 0. The van der Waals surface area contributed by atoms with Gasteiger partial charge in [-0.2, -0.15) is 0 Å². The lowest BCUT2D eigenvalue weighted by Crippen LogP contribution is -2.49. The van der Waals surface area contributed by atoms with Crippen molar-refractivity contribution >= 4 is 0 Å². The van der Waals surface area contributed by atoms with Crippen LogP contribution >= 0.6 is 0 Å². The van der Waals surface area contributed by atoms with Gasteiger partial charge in [-0.1, -0.05) is 37.8 Å². The fourth-order valence-corrected chi connectivity index (χ4v) is 2.44. The third kappa shape index (κ3) is 5.70. The Morgan fingerprint density at radius 3 is 2.21 bits per heavy atom. The third-order valence-electron chi connectivity index (χ3n) is 3.70. The summed E-state index contributed by atoms with van der Waals surface area (Å²) in [5.74, 6) is 0. The summed E-state index contributed by atoms with van der Waals surface area (Å²) >= 11 is 0. The van der Waals surface area contributed by atoms with Crippen molar-refractivity contribution in [3.05, 3.63) is 35.9 Å². The van der Waals surface area contributed by atoms with Gasteiger partial charge in [-0.25, -0.2) is 0 Å². The second-order valence-corrected chi connectivity index (χ2v) is 5.21. The number of nitrogens with zero attached hydrogens (tertiary/aromatic N) is 2. The summed E-state index contributed by atoms with van der Waals surface area (Å²) in [7, 11) is 0. The van der Waals surface area contributed by atoms with Crippen LogP contribution in [0, 0.1) is 0 Å². The minimum Gasteiger partial charge on any atom is -0.300 e. The molecule has 19 heavy (non-hydrogen) atoms. The summed E-state index contributed by atoms with van der Waals surface area (Å²) in [5, 5.41) is 0. The highest BCUT2D eigenvalue weighted by atomic mass is 19.0. The van der Waals surface area contributed by atoms with Gasteiger partial charge < -0.3 is 4.90 Å². The Morgan fingerprint density at radius 1 is 1.11 bits per heavy atom. The summed E-state index contributed by atoms with van der Waals surface area (Å²) < 4.78 is 13.0. The largest absolute Gasteiger partial charge is 0.300 e. The van der Waals surface area contributed by atoms with Crippen molar-refractivity contribution in [1.29, 1.82) is 1.45 Å². The van der Waals surface area contributed by atoms with Crippen LogP contribution in [0.25, 0.3) is 0 Å². The van der Waals surface area contributed by atoms with E-state index in [1.165, 1.54) is 44.7 Å². The number of halogens is 1. The van der Waals surface area contributed by atoms with Crippen molar-refractivity contribution in [3.63, 3.8) is 0 Å². The van der Waals surface area contributed by atoms with E-state index in [1.807, 2.05) is 0 Å². The van der Waals surface area contributed by atoms with Crippen LogP contribution in [0.1, 0.15) is 26.8 Å². The molecule has 0 atom stereocenters. The predicted molar refractivity (Wildman–Crippen MR) is 82.5 cm³/mol. The molecule has 110 valence electrons. The standard InChI is InChI=1S/C15H24N2.CH4.FH/c1-14(2)17-12-10-16(11-13-17)9-8-15-6-4-3-5-7-15;;/h3-7,14H,8-13H2,1-2H3;1H4;1H/i/hT. The molecule has 3 heteroatoms. The quantitative estimate of drug-likeness (QED) is 0.830. The lowest BCUT2D eigenvalue weighted by atomic mass is 10.1. The summed E-state index contributed by atoms with van der Waals surface area (Å²) in [6.45, 7) is 10.7. The summed E-state index contributed by atoms with van der Waals surface area (Å²) in [4.78, 5) is 5.16. The molecule has 1 aromatic rings. The molecule has 1 fully saturated rings. The zero-order valence-corrected chi connectivity index (χ0v) is 11.5. The Bertz CT molecular complexity index is 325. The monoisotopic (exact) mass is 270 g/mol. The first kappa shape index (κ1) is 16.1. The topological polar surface area (TPSA) is 6.48 Å². The highest BCUT2D eigenvalue weighted by molar-refractivity contribution is 5.14. The van der Waals surface area contributed by atoms with Crippen molar-refractivity contribution < 1.29 is 4.72 Å². The molecule has 0 aromatic heterocycles. The molecular formula is C16H29FN2. The van der Waals surface area contributed by atoms with Crippen LogP contribution in [0.15, 0.2) is 30.3 Å². The zero-order valence-electron chi connectivity index (χ0n) is 12.5. The number of piperazine rings is 1. The molecule has 1 heterocycles. The molecule has 0 spiro atoms. The molecule has 0 unspecified atom stereocenters. The van der Waals surface area contributed by atoms with E-state index in [0.29, 0.717) is 6.04 Å². The van der Waals surface area contributed by atoms with E-state index in [-0.39, 0.29) is 7.43 Å². The molecular weight excluding hydrogens is 239 g/mol. The van der Waals surface area contributed by atoms with E-state index >= 15 is 0 Å². The first-order valence-electron chi connectivity index (χ1n) is 7.14. The lowest BCUT2D eigenvalue weighted by molar-refractivity contribution is 0.109. The minimum absolute atomic E-state index is 0. The van der Waals surface area contributed by atoms with Gasteiger partial charge in [-0.3, -0.25) is 9.62 Å². The molecule has 0 aliphatic carbocycles. The number of benzene rings is 1. The summed E-state index contributed by atoms with van der Waals surface area (Å²) in [6.07, 6.45) is 1.18. The van der Waals surface area contributed by atoms with Crippen molar-refractivity contribution in [1.82, 2.24) is 9.80 Å². The third-order valence-corrected chi connectivity index (χ3v) is 3.70. The molecule has 0 bridgehead atoms. The maximum Gasteiger partial charge on any atom is 0.269 e. The Balaban J connectivity index is 0.00000115. The fraction of sp³-hybridized carbons (Fsp3) is 0.625. The zero-order chi connectivity index (χ0) is 14.1. The Morgan fingerprint density at radius 2 is 1.68 bits per heavy atom. The van der Waals surface area contributed by atoms with Gasteiger partial charge in [-0.05, 0) is 25.8 Å². The lowest BCUT2D eigenvalue weighted by Gasteiger charge is -2.36. The van der Waals surface area contributed by atoms with Crippen LogP contribution in [-0.2, 0) is 6.42 Å². The van der Waals surface area contributed by atoms with Gasteiger partial charge >= 0.3 is 0 Å². The summed E-state index contributed by atoms with van der Waals surface area (Å²) in [5.41, 5.74) is 1.46. The van der Waals surface area contributed by atoms with Crippen LogP contribution in [0.5, 0.6) is 0 Å². The molecule has 1 aliphatic heterocycles. The summed E-state index contributed by atoms with van der Waals surface area (Å²) in [6, 6.07) is 11.5. The highest BCUT2D eigenvalue weighted by Gasteiger charge is 2.17. The van der Waals surface area contributed by atoms with Gasteiger partial charge in [0.25, 0.3) is 1.45 Å². The van der Waals surface area contributed by atoms with E-state index in [9.17, 15) is 0 Å². The Kier molecular flexibility index (Phi) is 7.68. The molecule has 2 nitrogen and oxygen atoms in total. The van der Waals surface area contributed by atoms with Crippen LogP contribution in [0.2, 0.25) is 0 Å². The van der Waals surface area contributed by atoms with Gasteiger partial charge in [0.15, 0.2) is 0 Å². The Hall–Kier alpha value is -0.930. The average molecular weight is 270 g/mol. The van der Waals surface area contributed by atoms with Crippen molar-refractivity contribution in [2.75, 3.05) is 32.7 Å². The van der Waals surface area contributed by atoms with Crippen LogP contribution in [0.4, 0.5) is 4.72 Å². The Labute approximate surface area is 119 Å². The first-order valence-corrected chi connectivity index (χ1v) is 6.76. The SMILES string of the molecule is C.CC(C)N1CCN(CCc2ccccc2)CC1.[3H]F. The van der Waals surface area contributed by atoms with E-state index in [0.717, 1.165) is 0 Å². The molecule has 0 saturated carbocycles. The maximum absolute atomic E-state index is 8.75. The van der Waals surface area contributed by atoms with E-state index < -0.39 is 0 Å². The molecule has 1 aliphatic rings. The van der Waals surface area contributed by atoms with Gasteiger partial charge in [0, 0.05) is 38.8 Å². The second kappa shape index (κ2) is 9.05. The molecule has 0 amide bonds. The van der Waals surface area contributed by atoms with E-state index in [1.54, 1.807) is 0 Å². The molecule has 0 N–H and O–H groups in total. The minimum atomic E-state index is 0. The van der Waals surface area contributed by atoms with Crippen LogP contribution in [-0.4, -0.2) is 50.0 Å². The number of hydrogen-bond acceptors (Lipinski definition) is 2. The fourth-order valence-electron chi connectivity index (χ4n) is 2.44. The molecule has 1 saturated heterocycles.